The molecule has 1 aromatic heterocycles. The number of amides is 1. The van der Waals surface area contributed by atoms with E-state index >= 15 is 0 Å². The van der Waals surface area contributed by atoms with Crippen LogP contribution in [0, 0.1) is 19.3 Å². The van der Waals surface area contributed by atoms with E-state index in [-0.39, 0.29) is 0 Å². The maximum Gasteiger partial charge on any atom is 0.311 e. The molecule has 6 heteroatoms. The van der Waals surface area contributed by atoms with Crippen molar-refractivity contribution >= 4 is 17.6 Å². The zero-order chi connectivity index (χ0) is 14.9. The van der Waals surface area contributed by atoms with Crippen molar-refractivity contribution in [3.8, 4) is 0 Å². The van der Waals surface area contributed by atoms with Crippen LogP contribution >= 0.6 is 0 Å². The lowest BCUT2D eigenvalue weighted by Gasteiger charge is -2.38. The molecule has 0 radical (unpaired) electrons. The van der Waals surface area contributed by atoms with Crippen LogP contribution in [0.25, 0.3) is 0 Å². The molecular formula is C14H19N3O3. The predicted octanol–water partition coefficient (Wildman–Crippen LogP) is 1.46. The van der Waals surface area contributed by atoms with Crippen molar-refractivity contribution in [2.75, 3.05) is 11.9 Å². The van der Waals surface area contributed by atoms with Crippen LogP contribution in [-0.2, 0) is 4.79 Å². The summed E-state index contributed by atoms with van der Waals surface area (Å²) in [5.74, 6) is -1.35. The monoisotopic (exact) mass is 277 g/mol. The van der Waals surface area contributed by atoms with E-state index in [0.29, 0.717) is 36.3 Å². The van der Waals surface area contributed by atoms with Gasteiger partial charge in [-0.2, -0.15) is 0 Å². The maximum atomic E-state index is 11.5. The standard InChI is InChI=1S/C14H19N3O3/c1-8-6-10(11(12(15)18)9(2)17-8)16-7-14(13(19)20)4-3-5-14/h6H,3-5,7H2,1-2H3,(H2,15,18)(H,16,17)(H,19,20). The van der Waals surface area contributed by atoms with Gasteiger partial charge in [0.05, 0.1) is 22.4 Å². The minimum atomic E-state index is -0.792. The molecule has 6 nitrogen and oxygen atoms in total. The molecule has 0 aliphatic heterocycles. The van der Waals surface area contributed by atoms with E-state index in [1.165, 1.54) is 0 Å². The number of carbonyl (C=O) groups excluding carboxylic acids is 1. The molecule has 1 aliphatic rings. The second-order valence-electron chi connectivity index (χ2n) is 5.43. The van der Waals surface area contributed by atoms with Gasteiger partial charge in [-0.3, -0.25) is 14.6 Å². The molecule has 1 amide bonds. The van der Waals surface area contributed by atoms with E-state index in [9.17, 15) is 14.7 Å². The van der Waals surface area contributed by atoms with E-state index < -0.39 is 17.3 Å². The summed E-state index contributed by atoms with van der Waals surface area (Å²) in [5, 5.41) is 12.4. The van der Waals surface area contributed by atoms with Crippen molar-refractivity contribution in [3.63, 3.8) is 0 Å². The third-order valence-electron chi connectivity index (χ3n) is 3.96. The summed E-state index contributed by atoms with van der Waals surface area (Å²) in [6, 6.07) is 1.72. The topological polar surface area (TPSA) is 105 Å². The number of nitrogens with two attached hydrogens (primary N) is 1. The summed E-state index contributed by atoms with van der Waals surface area (Å²) in [6.07, 6.45) is 2.24. The normalized spacial score (nSPS) is 16.3. The molecule has 1 aliphatic carbocycles. The summed E-state index contributed by atoms with van der Waals surface area (Å²) in [5.41, 5.74) is 6.86. The Morgan fingerprint density at radius 3 is 2.55 bits per heavy atom. The Morgan fingerprint density at radius 2 is 2.10 bits per heavy atom. The molecule has 2 rings (SSSR count). The molecule has 1 fully saturated rings. The van der Waals surface area contributed by atoms with Gasteiger partial charge in [-0.15, -0.1) is 0 Å². The fourth-order valence-corrected chi connectivity index (χ4v) is 2.61. The van der Waals surface area contributed by atoms with Gasteiger partial charge in [0, 0.05) is 12.2 Å². The lowest BCUT2D eigenvalue weighted by Crippen LogP contribution is -2.43. The first-order valence-corrected chi connectivity index (χ1v) is 6.61. The van der Waals surface area contributed by atoms with Gasteiger partial charge in [0.2, 0.25) is 0 Å². The summed E-state index contributed by atoms with van der Waals surface area (Å²) in [7, 11) is 0. The van der Waals surface area contributed by atoms with Crippen LogP contribution in [0.2, 0.25) is 0 Å². The lowest BCUT2D eigenvalue weighted by molar-refractivity contribution is -0.153. The average Bonchev–Trinajstić information content (AvgIpc) is 2.25. The maximum absolute atomic E-state index is 11.5. The molecule has 108 valence electrons. The minimum absolute atomic E-state index is 0.297. The fraction of sp³-hybridized carbons (Fsp3) is 0.500. The summed E-state index contributed by atoms with van der Waals surface area (Å²) >= 11 is 0. The zero-order valence-corrected chi connectivity index (χ0v) is 11.7. The first kappa shape index (κ1) is 14.3. The minimum Gasteiger partial charge on any atom is -0.481 e. The van der Waals surface area contributed by atoms with E-state index in [1.807, 2.05) is 6.92 Å². The van der Waals surface area contributed by atoms with Crippen LogP contribution in [0.15, 0.2) is 6.07 Å². The number of hydrogen-bond donors (Lipinski definition) is 3. The molecule has 1 saturated carbocycles. The number of aryl methyl sites for hydroxylation is 2. The highest BCUT2D eigenvalue weighted by molar-refractivity contribution is 5.99. The fourth-order valence-electron chi connectivity index (χ4n) is 2.61. The number of anilines is 1. The first-order valence-electron chi connectivity index (χ1n) is 6.61. The quantitative estimate of drug-likeness (QED) is 0.755. The van der Waals surface area contributed by atoms with Gasteiger partial charge in [0.15, 0.2) is 0 Å². The van der Waals surface area contributed by atoms with Crippen LogP contribution in [0.1, 0.15) is 41.0 Å². The molecule has 0 spiro atoms. The molecular weight excluding hydrogens is 258 g/mol. The first-order chi connectivity index (χ1) is 9.35. The van der Waals surface area contributed by atoms with Gasteiger partial charge < -0.3 is 16.2 Å². The molecule has 0 aromatic carbocycles. The van der Waals surface area contributed by atoms with Crippen molar-refractivity contribution in [2.45, 2.75) is 33.1 Å². The zero-order valence-electron chi connectivity index (χ0n) is 11.7. The molecule has 0 atom stereocenters. The number of primary amides is 1. The number of carboxylic acid groups (broad SMARTS) is 1. The van der Waals surface area contributed by atoms with Crippen LogP contribution in [0.3, 0.4) is 0 Å². The molecule has 0 bridgehead atoms. The van der Waals surface area contributed by atoms with Crippen molar-refractivity contribution in [1.29, 1.82) is 0 Å². The van der Waals surface area contributed by atoms with Crippen LogP contribution in [-0.4, -0.2) is 28.5 Å². The lowest BCUT2D eigenvalue weighted by atomic mass is 9.68. The number of carbonyl (C=O) groups is 2. The molecule has 0 unspecified atom stereocenters. The SMILES string of the molecule is Cc1cc(NCC2(C(=O)O)CCC2)c(C(N)=O)c(C)n1. The summed E-state index contributed by atoms with van der Waals surface area (Å²) in [6.45, 7) is 3.83. The second kappa shape index (κ2) is 5.11. The second-order valence-corrected chi connectivity index (χ2v) is 5.43. The van der Waals surface area contributed by atoms with Gasteiger partial charge in [0.1, 0.15) is 0 Å². The average molecular weight is 277 g/mol. The Bertz CT molecular complexity index is 565. The molecule has 20 heavy (non-hydrogen) atoms. The third kappa shape index (κ3) is 2.45. The highest BCUT2D eigenvalue weighted by Crippen LogP contribution is 2.41. The van der Waals surface area contributed by atoms with Crippen LogP contribution in [0.4, 0.5) is 5.69 Å². The number of rotatable bonds is 5. The Kier molecular flexibility index (Phi) is 3.65. The van der Waals surface area contributed by atoms with Crippen LogP contribution < -0.4 is 11.1 Å². The number of nitrogens with zero attached hydrogens (tertiary/aromatic N) is 1. The Morgan fingerprint density at radius 1 is 1.45 bits per heavy atom. The number of hydrogen-bond acceptors (Lipinski definition) is 4. The van der Waals surface area contributed by atoms with Crippen molar-refractivity contribution in [1.82, 2.24) is 4.98 Å². The Balaban J connectivity index is 2.25. The highest BCUT2D eigenvalue weighted by Gasteiger charge is 2.44. The van der Waals surface area contributed by atoms with Crippen molar-refractivity contribution in [2.24, 2.45) is 11.1 Å². The Hall–Kier alpha value is -2.11. The summed E-state index contributed by atoms with van der Waals surface area (Å²) < 4.78 is 0. The van der Waals surface area contributed by atoms with Gasteiger partial charge in [-0.1, -0.05) is 6.42 Å². The number of aliphatic carboxylic acids is 1. The third-order valence-corrected chi connectivity index (χ3v) is 3.96. The number of aromatic nitrogens is 1. The van der Waals surface area contributed by atoms with E-state index in [2.05, 4.69) is 10.3 Å². The molecule has 0 saturated heterocycles. The summed E-state index contributed by atoms with van der Waals surface area (Å²) in [4.78, 5) is 27.1. The van der Waals surface area contributed by atoms with Gasteiger partial charge >= 0.3 is 5.97 Å². The number of nitrogens with one attached hydrogen (secondary N) is 1. The smallest absolute Gasteiger partial charge is 0.311 e. The van der Waals surface area contributed by atoms with E-state index in [4.69, 9.17) is 5.73 Å². The highest BCUT2D eigenvalue weighted by atomic mass is 16.4. The molecule has 1 aromatic rings. The van der Waals surface area contributed by atoms with E-state index in [1.54, 1.807) is 13.0 Å². The number of pyridine rings is 1. The van der Waals surface area contributed by atoms with Crippen molar-refractivity contribution < 1.29 is 14.7 Å². The van der Waals surface area contributed by atoms with Gasteiger partial charge in [-0.25, -0.2) is 0 Å². The largest absolute Gasteiger partial charge is 0.481 e. The van der Waals surface area contributed by atoms with Gasteiger partial charge in [-0.05, 0) is 32.8 Å². The molecule has 4 N–H and O–H groups in total. The predicted molar refractivity (Wildman–Crippen MR) is 74.6 cm³/mol. The Labute approximate surface area is 117 Å². The molecule has 1 heterocycles. The van der Waals surface area contributed by atoms with Crippen molar-refractivity contribution in [3.05, 3.63) is 23.0 Å². The van der Waals surface area contributed by atoms with Crippen LogP contribution in [0.5, 0.6) is 0 Å². The number of carboxylic acids is 1. The van der Waals surface area contributed by atoms with E-state index in [0.717, 1.165) is 12.1 Å². The van der Waals surface area contributed by atoms with Gasteiger partial charge in [0.25, 0.3) is 5.91 Å².